The normalized spacial score (nSPS) is 12.3. The van der Waals surface area contributed by atoms with Crippen molar-refractivity contribution >= 4 is 87.0 Å². The summed E-state index contributed by atoms with van der Waals surface area (Å²) in [6.45, 7) is 0. The van der Waals surface area contributed by atoms with Crippen LogP contribution in [0.4, 0.5) is 0 Å². The first-order valence-electron chi connectivity index (χ1n) is 15.3. The van der Waals surface area contributed by atoms with E-state index in [2.05, 4.69) is 112 Å². The first-order valence-corrected chi connectivity index (χ1v) is 15.3. The molecule has 0 aliphatic carbocycles. The minimum absolute atomic E-state index is 0.594. The molecule has 0 saturated carbocycles. The molecule has 11 rings (SSSR count). The molecular formula is C40H20N6. The van der Waals surface area contributed by atoms with E-state index in [9.17, 15) is 5.26 Å². The fourth-order valence-corrected chi connectivity index (χ4v) is 8.15. The molecule has 0 aliphatic heterocycles. The molecular weight excluding hydrogens is 564 g/mol. The number of aromatic nitrogens is 5. The van der Waals surface area contributed by atoms with Crippen molar-refractivity contribution in [3.05, 3.63) is 127 Å². The second-order valence-electron chi connectivity index (χ2n) is 11.9. The average Bonchev–Trinajstić information content (AvgIpc) is 3.64. The van der Waals surface area contributed by atoms with E-state index < -0.39 is 0 Å². The molecule has 0 N–H and O–H groups in total. The highest BCUT2D eigenvalue weighted by Crippen LogP contribution is 2.46. The molecule has 4 aromatic heterocycles. The zero-order chi connectivity index (χ0) is 30.1. The molecule has 0 radical (unpaired) electrons. The van der Waals surface area contributed by atoms with E-state index in [0.717, 1.165) is 71.4 Å². The van der Waals surface area contributed by atoms with E-state index in [1.54, 1.807) is 12.4 Å². The highest BCUT2D eigenvalue weighted by atomic mass is 15.0. The Morgan fingerprint density at radius 2 is 0.935 bits per heavy atom. The molecule has 0 fully saturated rings. The summed E-state index contributed by atoms with van der Waals surface area (Å²) in [6.07, 6.45) is 7.41. The summed E-state index contributed by atoms with van der Waals surface area (Å²) in [5.74, 6) is 0. The number of nitriles is 1. The van der Waals surface area contributed by atoms with Gasteiger partial charge >= 0.3 is 0 Å². The van der Waals surface area contributed by atoms with Crippen LogP contribution in [0.25, 0.3) is 98.3 Å². The highest BCUT2D eigenvalue weighted by Gasteiger charge is 2.25. The maximum atomic E-state index is 11.0. The Morgan fingerprint density at radius 3 is 1.54 bits per heavy atom. The van der Waals surface area contributed by atoms with E-state index in [4.69, 9.17) is 15.0 Å². The minimum atomic E-state index is 0.594. The zero-order valence-corrected chi connectivity index (χ0v) is 24.2. The number of rotatable bonds is 2. The Morgan fingerprint density at radius 1 is 0.457 bits per heavy atom. The number of benzene rings is 7. The molecule has 0 unspecified atom stereocenters. The second kappa shape index (κ2) is 8.32. The zero-order valence-electron chi connectivity index (χ0n) is 24.2. The van der Waals surface area contributed by atoms with Crippen LogP contribution in [0.1, 0.15) is 5.56 Å². The number of hydrogen-bond donors (Lipinski definition) is 0. The summed E-state index contributed by atoms with van der Waals surface area (Å²) in [6, 6.07) is 36.5. The summed E-state index contributed by atoms with van der Waals surface area (Å²) < 4.78 is 4.47. The molecule has 6 heteroatoms. The quantitative estimate of drug-likeness (QED) is 0.190. The Labute approximate surface area is 260 Å². The molecule has 0 atom stereocenters. The third-order valence-corrected chi connectivity index (χ3v) is 9.85. The number of pyridine rings is 1. The van der Waals surface area contributed by atoms with E-state index in [1.807, 2.05) is 12.4 Å². The van der Waals surface area contributed by atoms with Gasteiger partial charge in [0.05, 0.1) is 50.7 Å². The van der Waals surface area contributed by atoms with E-state index in [-0.39, 0.29) is 0 Å². The molecule has 0 aliphatic rings. The molecule has 0 amide bonds. The predicted molar refractivity (Wildman–Crippen MR) is 186 cm³/mol. The first-order chi connectivity index (χ1) is 22.8. The van der Waals surface area contributed by atoms with Gasteiger partial charge < -0.3 is 9.13 Å². The van der Waals surface area contributed by atoms with Crippen molar-refractivity contribution in [2.45, 2.75) is 0 Å². The molecule has 0 spiro atoms. The molecule has 46 heavy (non-hydrogen) atoms. The average molecular weight is 585 g/mol. The second-order valence-corrected chi connectivity index (χ2v) is 11.9. The predicted octanol–water partition coefficient (Wildman–Crippen LogP) is 9.43. The topological polar surface area (TPSA) is 72.3 Å². The third kappa shape index (κ3) is 2.71. The largest absolute Gasteiger partial charge is 0.308 e. The smallest absolute Gasteiger partial charge is 0.104 e. The van der Waals surface area contributed by atoms with Crippen LogP contribution in [0.3, 0.4) is 0 Å². The van der Waals surface area contributed by atoms with Crippen molar-refractivity contribution in [1.29, 1.82) is 5.26 Å². The van der Waals surface area contributed by atoms with Crippen molar-refractivity contribution < 1.29 is 0 Å². The Hall–Kier alpha value is -6.58. The lowest BCUT2D eigenvalue weighted by molar-refractivity contribution is 1.11. The molecule has 11 aromatic rings. The summed E-state index contributed by atoms with van der Waals surface area (Å²) in [5.41, 5.74) is 8.13. The van der Waals surface area contributed by atoms with Crippen molar-refractivity contribution in [2.24, 2.45) is 0 Å². The van der Waals surface area contributed by atoms with Crippen LogP contribution in [0.15, 0.2) is 122 Å². The van der Waals surface area contributed by atoms with Crippen molar-refractivity contribution in [2.75, 3.05) is 0 Å². The first kappa shape index (κ1) is 23.8. The van der Waals surface area contributed by atoms with Gasteiger partial charge in [0.1, 0.15) is 11.6 Å². The lowest BCUT2D eigenvalue weighted by Crippen LogP contribution is -2.04. The fraction of sp³-hybridized carbons (Fsp3) is 0. The van der Waals surface area contributed by atoms with Gasteiger partial charge in [-0.3, -0.25) is 15.0 Å². The minimum Gasteiger partial charge on any atom is -0.308 e. The van der Waals surface area contributed by atoms with Crippen LogP contribution < -0.4 is 0 Å². The monoisotopic (exact) mass is 584 g/mol. The van der Waals surface area contributed by atoms with Gasteiger partial charge in [-0.25, -0.2) is 0 Å². The summed E-state index contributed by atoms with van der Waals surface area (Å²) in [7, 11) is 0. The Kier molecular flexibility index (Phi) is 4.31. The van der Waals surface area contributed by atoms with Crippen LogP contribution in [0.5, 0.6) is 0 Å². The number of hydrogen-bond acceptors (Lipinski definition) is 4. The maximum Gasteiger partial charge on any atom is 0.104 e. The SMILES string of the molecule is N#Cc1c(-n2c3cccc4c5ccccc5c5cncc2c5c43)cccc1-n1c2cccc3c4nccnc4c4cccc1c4c32. The summed E-state index contributed by atoms with van der Waals surface area (Å²) in [4.78, 5) is 14.2. The lowest BCUT2D eigenvalue weighted by atomic mass is 9.96. The van der Waals surface area contributed by atoms with E-state index >= 15 is 0 Å². The molecule has 6 nitrogen and oxygen atoms in total. The summed E-state index contributed by atoms with van der Waals surface area (Å²) >= 11 is 0. The summed E-state index contributed by atoms with van der Waals surface area (Å²) in [5, 5.41) is 22.5. The van der Waals surface area contributed by atoms with Gasteiger partial charge in [0.15, 0.2) is 0 Å². The Balaban J connectivity index is 1.30. The molecule has 0 bridgehead atoms. The lowest BCUT2D eigenvalue weighted by Gasteiger charge is -2.15. The van der Waals surface area contributed by atoms with Gasteiger partial charge in [-0.05, 0) is 46.5 Å². The van der Waals surface area contributed by atoms with Crippen molar-refractivity contribution in [3.8, 4) is 17.4 Å². The highest BCUT2D eigenvalue weighted by molar-refractivity contribution is 6.35. The van der Waals surface area contributed by atoms with Crippen LogP contribution in [0, 0.1) is 11.3 Å². The van der Waals surface area contributed by atoms with Gasteiger partial charge in [-0.1, -0.05) is 66.7 Å². The number of fused-ring (bicyclic) bond motifs is 6. The van der Waals surface area contributed by atoms with Gasteiger partial charge in [0.25, 0.3) is 0 Å². The Bertz CT molecular complexity index is 2730. The van der Waals surface area contributed by atoms with Crippen LogP contribution in [-0.4, -0.2) is 24.1 Å². The van der Waals surface area contributed by atoms with Crippen LogP contribution >= 0.6 is 0 Å². The molecule has 0 saturated heterocycles. The fourth-order valence-electron chi connectivity index (χ4n) is 8.15. The van der Waals surface area contributed by atoms with Crippen LogP contribution in [0.2, 0.25) is 0 Å². The molecule has 4 heterocycles. The van der Waals surface area contributed by atoms with E-state index in [0.29, 0.717) is 5.56 Å². The molecule has 210 valence electrons. The third-order valence-electron chi connectivity index (χ3n) is 9.85. The van der Waals surface area contributed by atoms with Gasteiger partial charge in [0, 0.05) is 56.3 Å². The molecule has 7 aromatic carbocycles. The van der Waals surface area contributed by atoms with Gasteiger partial charge in [0.2, 0.25) is 0 Å². The number of nitrogens with zero attached hydrogens (tertiary/aromatic N) is 6. The van der Waals surface area contributed by atoms with Crippen molar-refractivity contribution in [3.63, 3.8) is 0 Å². The van der Waals surface area contributed by atoms with E-state index in [1.165, 1.54) is 26.9 Å². The van der Waals surface area contributed by atoms with Crippen molar-refractivity contribution in [1.82, 2.24) is 24.1 Å². The van der Waals surface area contributed by atoms with Gasteiger partial charge in [-0.2, -0.15) is 5.26 Å². The standard InChI is InChI=1S/C40H20N6/c41-19-27-29(45-32-15-4-10-25-36(32)37-26(11-5-16-33(37)45)40-39(25)43-17-18-44-40)12-6-13-30(27)46-31-14-3-9-24-22-7-1-2-8-23(22)28-20-42-21-34(46)38(28)35(24)31/h1-18,20-21H. The van der Waals surface area contributed by atoms with Crippen LogP contribution in [-0.2, 0) is 0 Å². The maximum absolute atomic E-state index is 11.0. The van der Waals surface area contributed by atoms with Gasteiger partial charge in [-0.15, -0.1) is 0 Å².